The van der Waals surface area contributed by atoms with Crippen molar-refractivity contribution in [3.05, 3.63) is 124 Å². The van der Waals surface area contributed by atoms with E-state index in [1.54, 1.807) is 24.3 Å². The third-order valence-corrected chi connectivity index (χ3v) is 8.38. The summed E-state index contributed by atoms with van der Waals surface area (Å²) in [5.74, 6) is 3.04. The van der Waals surface area contributed by atoms with Gasteiger partial charge in [0.2, 0.25) is 0 Å². The first kappa shape index (κ1) is 24.8. The van der Waals surface area contributed by atoms with Crippen LogP contribution in [0, 0.1) is 17.9 Å². The highest BCUT2D eigenvalue weighted by molar-refractivity contribution is 5.62. The molecule has 6 rings (SSSR count). The molecule has 0 saturated carbocycles. The van der Waals surface area contributed by atoms with Crippen LogP contribution in [-0.4, -0.2) is 0 Å². The van der Waals surface area contributed by atoms with Crippen LogP contribution in [0.5, 0.6) is 23.0 Å². The second-order valence-corrected chi connectivity index (χ2v) is 12.1. The summed E-state index contributed by atoms with van der Waals surface area (Å²) in [6, 6.07) is 29.7. The smallest absolute Gasteiger partial charge is 0.187 e. The average Bonchev–Trinajstić information content (AvgIpc) is 3.28. The van der Waals surface area contributed by atoms with Gasteiger partial charge >= 0.3 is 0 Å². The van der Waals surface area contributed by atoms with Gasteiger partial charge in [-0.2, -0.15) is 5.26 Å². The molecule has 0 fully saturated rings. The van der Waals surface area contributed by atoms with Crippen LogP contribution in [0.3, 0.4) is 0 Å². The summed E-state index contributed by atoms with van der Waals surface area (Å²) in [7, 11) is 0. The quantitative estimate of drug-likeness (QED) is 0.257. The second kappa shape index (κ2) is 8.75. The number of hydrogen-bond donors (Lipinski definition) is 0. The van der Waals surface area contributed by atoms with E-state index >= 15 is 0 Å². The molecule has 1 spiro atoms. The summed E-state index contributed by atoms with van der Waals surface area (Å²) in [5.41, 5.74) is 6.44. The molecule has 0 bridgehead atoms. The molecule has 0 heterocycles. The van der Waals surface area contributed by atoms with Crippen molar-refractivity contribution in [1.82, 2.24) is 0 Å². The summed E-state index contributed by atoms with van der Waals surface area (Å²) >= 11 is 0. The van der Waals surface area contributed by atoms with Crippen molar-refractivity contribution in [2.75, 3.05) is 0 Å². The largest absolute Gasteiger partial charge is 0.457 e. The summed E-state index contributed by atoms with van der Waals surface area (Å²) in [6.07, 6.45) is 2.02. The Morgan fingerprint density at radius 3 is 1.51 bits per heavy atom. The van der Waals surface area contributed by atoms with Crippen molar-refractivity contribution in [3.8, 4) is 29.1 Å². The molecular formula is C35H30N2O2. The van der Waals surface area contributed by atoms with Gasteiger partial charge in [-0.05, 0) is 107 Å². The first-order valence-corrected chi connectivity index (χ1v) is 13.3. The number of benzene rings is 4. The molecule has 0 N–H and O–H groups in total. The SMILES string of the molecule is [C-]#[N+]c1ccc(Oc2ccc3c(c2)C2(CC(C)(C)c4ccc(Oc5ccc(C#N)cc5)cc42)CC3(C)C)cc1. The van der Waals surface area contributed by atoms with Gasteiger partial charge in [-0.3, -0.25) is 0 Å². The Bertz CT molecular complexity index is 1540. The van der Waals surface area contributed by atoms with Gasteiger partial charge in [-0.25, -0.2) is 4.85 Å². The highest BCUT2D eigenvalue weighted by Gasteiger charge is 2.56. The molecule has 4 nitrogen and oxygen atoms in total. The van der Waals surface area contributed by atoms with Crippen LogP contribution in [0.25, 0.3) is 4.85 Å². The van der Waals surface area contributed by atoms with E-state index in [0.29, 0.717) is 17.0 Å². The number of rotatable bonds is 4. The Morgan fingerprint density at radius 2 is 1.08 bits per heavy atom. The summed E-state index contributed by atoms with van der Waals surface area (Å²) in [5, 5.41) is 9.13. The van der Waals surface area contributed by atoms with Crippen LogP contribution < -0.4 is 9.47 Å². The number of ether oxygens (including phenoxy) is 2. The lowest BCUT2D eigenvalue weighted by molar-refractivity contribution is 0.349. The maximum atomic E-state index is 9.13. The van der Waals surface area contributed by atoms with E-state index in [1.165, 1.54) is 22.3 Å². The van der Waals surface area contributed by atoms with E-state index in [0.717, 1.165) is 30.1 Å². The molecule has 2 aliphatic rings. The molecule has 0 amide bonds. The maximum absolute atomic E-state index is 9.13. The molecule has 4 aromatic carbocycles. The zero-order valence-electron chi connectivity index (χ0n) is 22.7. The number of nitriles is 1. The van der Waals surface area contributed by atoms with E-state index < -0.39 is 0 Å². The minimum Gasteiger partial charge on any atom is -0.457 e. The molecule has 1 unspecified atom stereocenters. The number of nitrogens with zero attached hydrogens (tertiary/aromatic N) is 2. The monoisotopic (exact) mass is 510 g/mol. The normalized spacial score (nSPS) is 19.5. The lowest BCUT2D eigenvalue weighted by Gasteiger charge is -2.30. The van der Waals surface area contributed by atoms with Crippen molar-refractivity contribution in [3.63, 3.8) is 0 Å². The fourth-order valence-electron chi connectivity index (χ4n) is 6.89. The van der Waals surface area contributed by atoms with Crippen molar-refractivity contribution >= 4 is 5.69 Å². The average molecular weight is 511 g/mol. The Kier molecular flexibility index (Phi) is 5.56. The van der Waals surface area contributed by atoms with Crippen LogP contribution in [-0.2, 0) is 16.2 Å². The lowest BCUT2D eigenvalue weighted by atomic mass is 9.72. The van der Waals surface area contributed by atoms with Crippen molar-refractivity contribution < 1.29 is 9.47 Å². The Hall–Kier alpha value is -4.54. The Labute approximate surface area is 230 Å². The van der Waals surface area contributed by atoms with Gasteiger partial charge in [0.15, 0.2) is 5.69 Å². The van der Waals surface area contributed by atoms with E-state index in [9.17, 15) is 0 Å². The third-order valence-electron chi connectivity index (χ3n) is 8.38. The van der Waals surface area contributed by atoms with Gasteiger partial charge in [-0.15, -0.1) is 0 Å². The van der Waals surface area contributed by atoms with Gasteiger partial charge in [0.1, 0.15) is 23.0 Å². The van der Waals surface area contributed by atoms with Gasteiger partial charge in [0.05, 0.1) is 18.2 Å². The van der Waals surface area contributed by atoms with Crippen molar-refractivity contribution in [2.45, 2.75) is 56.8 Å². The third kappa shape index (κ3) is 4.14. The highest BCUT2D eigenvalue weighted by Crippen LogP contribution is 2.63. The van der Waals surface area contributed by atoms with Crippen molar-refractivity contribution in [2.24, 2.45) is 0 Å². The summed E-state index contributed by atoms with van der Waals surface area (Å²) < 4.78 is 12.6. The standard InChI is InChI=1S/C35H30N2O2/c1-33(2)21-35(31-18-27(14-16-29(31)33)38-25-10-6-23(20-36)7-11-25)22-34(3,4)30-17-15-28(19-32(30)35)39-26-12-8-24(37-5)9-13-26/h6-19H,21-22H2,1-4H3. The van der Waals surface area contributed by atoms with E-state index in [2.05, 4.69) is 75.0 Å². The molecule has 2 aliphatic carbocycles. The first-order valence-electron chi connectivity index (χ1n) is 13.3. The van der Waals surface area contributed by atoms with Crippen LogP contribution in [0.1, 0.15) is 68.4 Å². The summed E-state index contributed by atoms with van der Waals surface area (Å²) in [4.78, 5) is 3.48. The zero-order chi connectivity index (χ0) is 27.4. The highest BCUT2D eigenvalue weighted by atomic mass is 16.5. The molecule has 0 saturated heterocycles. The Morgan fingerprint density at radius 1 is 0.641 bits per heavy atom. The minimum atomic E-state index is -0.158. The number of fused-ring (bicyclic) bond motifs is 4. The molecule has 0 aliphatic heterocycles. The van der Waals surface area contributed by atoms with Gasteiger partial charge < -0.3 is 9.47 Å². The van der Waals surface area contributed by atoms with Gasteiger partial charge in [-0.1, -0.05) is 52.0 Å². The van der Waals surface area contributed by atoms with Gasteiger partial charge in [0.25, 0.3) is 0 Å². The van der Waals surface area contributed by atoms with Crippen LogP contribution in [0.2, 0.25) is 0 Å². The van der Waals surface area contributed by atoms with Crippen LogP contribution >= 0.6 is 0 Å². The topological polar surface area (TPSA) is 46.6 Å². The van der Waals surface area contributed by atoms with Crippen LogP contribution in [0.4, 0.5) is 5.69 Å². The second-order valence-electron chi connectivity index (χ2n) is 12.1. The van der Waals surface area contributed by atoms with E-state index in [1.807, 2.05) is 24.3 Å². The minimum absolute atomic E-state index is 0.00640. The maximum Gasteiger partial charge on any atom is 0.187 e. The number of hydrogen-bond acceptors (Lipinski definition) is 3. The zero-order valence-corrected chi connectivity index (χ0v) is 22.7. The van der Waals surface area contributed by atoms with Crippen molar-refractivity contribution in [1.29, 1.82) is 5.26 Å². The molecule has 192 valence electrons. The molecule has 0 radical (unpaired) electrons. The Balaban J connectivity index is 1.42. The fraction of sp³-hybridized carbons (Fsp3) is 0.257. The first-order chi connectivity index (χ1) is 18.6. The fourth-order valence-corrected chi connectivity index (χ4v) is 6.89. The molecule has 4 heteroatoms. The van der Waals surface area contributed by atoms with E-state index in [4.69, 9.17) is 21.3 Å². The van der Waals surface area contributed by atoms with Crippen LogP contribution in [0.15, 0.2) is 84.9 Å². The predicted molar refractivity (Wildman–Crippen MR) is 153 cm³/mol. The lowest BCUT2D eigenvalue weighted by Crippen LogP contribution is -2.27. The molecule has 0 aromatic heterocycles. The predicted octanol–water partition coefficient (Wildman–Crippen LogP) is 9.34. The molecular weight excluding hydrogens is 480 g/mol. The van der Waals surface area contributed by atoms with E-state index in [-0.39, 0.29) is 16.2 Å². The molecule has 1 atom stereocenters. The molecule has 4 aromatic rings. The van der Waals surface area contributed by atoms with Gasteiger partial charge in [0, 0.05) is 5.41 Å². The summed E-state index contributed by atoms with van der Waals surface area (Å²) in [6.45, 7) is 16.6. The molecule has 39 heavy (non-hydrogen) atoms.